The summed E-state index contributed by atoms with van der Waals surface area (Å²) in [5, 5.41) is 2.93. The van der Waals surface area contributed by atoms with Gasteiger partial charge in [-0.15, -0.1) is 0 Å². The summed E-state index contributed by atoms with van der Waals surface area (Å²) in [6, 6.07) is 18.1. The number of fused-ring (bicyclic) bond motifs is 3. The molecule has 166 valence electrons. The fourth-order valence-electron chi connectivity index (χ4n) is 4.03. The normalized spacial score (nSPS) is 11.6. The van der Waals surface area contributed by atoms with E-state index in [1.165, 1.54) is 5.39 Å². The zero-order valence-electron chi connectivity index (χ0n) is 18.0. The molecule has 0 fully saturated rings. The van der Waals surface area contributed by atoms with E-state index in [4.69, 9.17) is 16.3 Å². The molecule has 0 unspecified atom stereocenters. The first-order valence-electron chi connectivity index (χ1n) is 10.7. The van der Waals surface area contributed by atoms with Gasteiger partial charge in [-0.2, -0.15) is 4.98 Å². The quantitative estimate of drug-likeness (QED) is 0.303. The van der Waals surface area contributed by atoms with Crippen LogP contribution in [0.25, 0.3) is 33.3 Å². The predicted molar refractivity (Wildman–Crippen MR) is 129 cm³/mol. The van der Waals surface area contributed by atoms with Crippen molar-refractivity contribution < 1.29 is 4.74 Å². The number of aromatic amines is 1. The minimum atomic E-state index is -0.704. The third-order valence-electron chi connectivity index (χ3n) is 5.70. The number of H-pyrrole nitrogens is 1. The molecule has 0 aliphatic carbocycles. The zero-order chi connectivity index (χ0) is 22.9. The van der Waals surface area contributed by atoms with E-state index in [1.807, 2.05) is 35.8 Å². The third kappa shape index (κ3) is 4.13. The van der Waals surface area contributed by atoms with Gasteiger partial charge in [0.1, 0.15) is 0 Å². The van der Waals surface area contributed by atoms with Crippen LogP contribution in [0, 0.1) is 0 Å². The molecule has 2 aliphatic heterocycles. The molecule has 2 aliphatic rings. The molecule has 0 bridgehead atoms. The molecule has 5 rings (SSSR count). The van der Waals surface area contributed by atoms with E-state index >= 15 is 0 Å². The molecular formula is C25H21ClN4O3. The number of aromatic nitrogens is 4. The molecule has 0 saturated carbocycles. The van der Waals surface area contributed by atoms with Crippen molar-refractivity contribution in [1.29, 1.82) is 0 Å². The lowest BCUT2D eigenvalue weighted by Gasteiger charge is -2.18. The number of ether oxygens (including phenoxy) is 1. The fraction of sp³-hybridized carbons (Fsp3) is 0.200. The molecule has 0 radical (unpaired) electrons. The Morgan fingerprint density at radius 1 is 1.03 bits per heavy atom. The Morgan fingerprint density at radius 2 is 1.85 bits per heavy atom. The highest BCUT2D eigenvalue weighted by Crippen LogP contribution is 2.27. The van der Waals surface area contributed by atoms with Gasteiger partial charge in [0, 0.05) is 11.6 Å². The molecule has 3 aromatic rings. The van der Waals surface area contributed by atoms with Crippen LogP contribution in [0.5, 0.6) is 0 Å². The topological polar surface area (TPSA) is 89.9 Å². The largest absolute Gasteiger partial charge is 0.375 e. The first-order valence-corrected chi connectivity index (χ1v) is 11.1. The molecule has 0 amide bonds. The first kappa shape index (κ1) is 21.3. The van der Waals surface area contributed by atoms with Gasteiger partial charge >= 0.3 is 5.69 Å². The lowest BCUT2D eigenvalue weighted by molar-refractivity contribution is 0.114. The third-order valence-corrected chi connectivity index (χ3v) is 6.05. The second-order valence-electron chi connectivity index (χ2n) is 7.83. The summed E-state index contributed by atoms with van der Waals surface area (Å²) in [6.45, 7) is 3.21. The number of benzene rings is 3. The van der Waals surface area contributed by atoms with E-state index in [0.29, 0.717) is 30.3 Å². The highest BCUT2D eigenvalue weighted by atomic mass is 35.5. The van der Waals surface area contributed by atoms with Crippen LogP contribution in [0.1, 0.15) is 18.1 Å². The molecule has 1 N–H and O–H groups in total. The molecule has 0 saturated heterocycles. The summed E-state index contributed by atoms with van der Waals surface area (Å²) in [5.74, 6) is 0.231. The molecule has 3 aromatic carbocycles. The molecule has 2 heterocycles. The van der Waals surface area contributed by atoms with Gasteiger partial charge in [0.2, 0.25) is 0 Å². The average molecular weight is 461 g/mol. The number of nitrogens with zero attached hydrogens (tertiary/aromatic N) is 3. The highest BCUT2D eigenvalue weighted by Gasteiger charge is 2.19. The van der Waals surface area contributed by atoms with Crippen LogP contribution < -0.4 is 11.2 Å². The Hall–Kier alpha value is -3.55. The van der Waals surface area contributed by atoms with E-state index in [-0.39, 0.29) is 11.5 Å². The molecule has 33 heavy (non-hydrogen) atoms. The van der Waals surface area contributed by atoms with E-state index in [0.717, 1.165) is 28.5 Å². The smallest absolute Gasteiger partial charge is 0.349 e. The standard InChI is InChI=1S/C25H21ClN4O3/c1-2-16-12-21-20(13-19(16)26)27-22-23(28-25(32)29-24(22)31)30(21)9-10-33-14-15-7-8-17-5-3-4-6-18(17)11-15/h3-8,11-13H,2,9-10,14H2,1H3,(H,29,31,32). The SMILES string of the molecule is CCc1cc2c(cc1Cl)nc1c(=O)[nH]c(=O)nc-1n2CCOCc1ccc2ccccc2c1. The van der Waals surface area contributed by atoms with Crippen molar-refractivity contribution in [3.8, 4) is 11.5 Å². The predicted octanol–water partition coefficient (Wildman–Crippen LogP) is 4.17. The lowest BCUT2D eigenvalue weighted by Crippen LogP contribution is -2.29. The van der Waals surface area contributed by atoms with Crippen LogP contribution >= 0.6 is 11.6 Å². The van der Waals surface area contributed by atoms with Gasteiger partial charge in [0.05, 0.1) is 24.2 Å². The molecular weight excluding hydrogens is 440 g/mol. The fourth-order valence-corrected chi connectivity index (χ4v) is 4.32. The second-order valence-corrected chi connectivity index (χ2v) is 8.23. The summed E-state index contributed by atoms with van der Waals surface area (Å²) in [6.07, 6.45) is 0.737. The minimum Gasteiger partial charge on any atom is -0.375 e. The van der Waals surface area contributed by atoms with Gasteiger partial charge in [0.15, 0.2) is 11.5 Å². The van der Waals surface area contributed by atoms with Crippen molar-refractivity contribution in [2.45, 2.75) is 26.5 Å². The van der Waals surface area contributed by atoms with Crippen LogP contribution in [-0.4, -0.2) is 26.1 Å². The van der Waals surface area contributed by atoms with Gasteiger partial charge in [-0.05, 0) is 46.5 Å². The van der Waals surface area contributed by atoms with Gasteiger partial charge in [-0.3, -0.25) is 9.78 Å². The number of hydrogen-bond donors (Lipinski definition) is 1. The Bertz CT molecular complexity index is 1570. The summed E-state index contributed by atoms with van der Waals surface area (Å²) in [7, 11) is 0. The maximum Gasteiger partial charge on any atom is 0.349 e. The molecule has 7 nitrogen and oxygen atoms in total. The Morgan fingerprint density at radius 3 is 2.67 bits per heavy atom. The minimum absolute atomic E-state index is 0.0944. The Kier molecular flexibility index (Phi) is 5.66. The maximum atomic E-state index is 12.4. The summed E-state index contributed by atoms with van der Waals surface area (Å²) in [5.41, 5.74) is 2.14. The van der Waals surface area contributed by atoms with E-state index in [2.05, 4.69) is 39.2 Å². The van der Waals surface area contributed by atoms with Crippen molar-refractivity contribution in [2.75, 3.05) is 6.61 Å². The summed E-state index contributed by atoms with van der Waals surface area (Å²) in [4.78, 5) is 35.0. The summed E-state index contributed by atoms with van der Waals surface area (Å²) < 4.78 is 7.76. The average Bonchev–Trinajstić information content (AvgIpc) is 2.81. The molecule has 8 heteroatoms. The lowest BCUT2D eigenvalue weighted by atomic mass is 10.1. The zero-order valence-corrected chi connectivity index (χ0v) is 18.7. The van der Waals surface area contributed by atoms with Crippen molar-refractivity contribution in [1.82, 2.24) is 19.5 Å². The van der Waals surface area contributed by atoms with E-state index < -0.39 is 11.2 Å². The molecule has 0 atom stereocenters. The van der Waals surface area contributed by atoms with Crippen molar-refractivity contribution in [3.63, 3.8) is 0 Å². The molecule has 0 aromatic heterocycles. The highest BCUT2D eigenvalue weighted by molar-refractivity contribution is 6.32. The van der Waals surface area contributed by atoms with Crippen molar-refractivity contribution in [2.24, 2.45) is 0 Å². The Labute approximate surface area is 194 Å². The van der Waals surface area contributed by atoms with Gasteiger partial charge in [0.25, 0.3) is 5.56 Å². The number of nitrogens with one attached hydrogen (secondary N) is 1. The van der Waals surface area contributed by atoms with Crippen LogP contribution in [0.4, 0.5) is 0 Å². The van der Waals surface area contributed by atoms with Crippen LogP contribution in [0.3, 0.4) is 0 Å². The van der Waals surface area contributed by atoms with Gasteiger partial charge in [-0.1, -0.05) is 54.9 Å². The van der Waals surface area contributed by atoms with Crippen LogP contribution in [0.15, 0.2) is 64.2 Å². The Balaban J connectivity index is 1.47. The maximum absolute atomic E-state index is 12.4. The van der Waals surface area contributed by atoms with Gasteiger partial charge in [-0.25, -0.2) is 9.78 Å². The number of rotatable bonds is 6. The van der Waals surface area contributed by atoms with Crippen LogP contribution in [-0.2, 0) is 24.3 Å². The monoisotopic (exact) mass is 460 g/mol. The second kappa shape index (κ2) is 8.77. The van der Waals surface area contributed by atoms with E-state index in [9.17, 15) is 9.59 Å². The number of halogens is 1. The van der Waals surface area contributed by atoms with Crippen molar-refractivity contribution >= 4 is 33.4 Å². The van der Waals surface area contributed by atoms with E-state index in [1.54, 1.807) is 6.07 Å². The molecule has 0 spiro atoms. The van der Waals surface area contributed by atoms with Crippen LogP contribution in [0.2, 0.25) is 5.02 Å². The van der Waals surface area contributed by atoms with Crippen molar-refractivity contribution in [3.05, 3.63) is 91.6 Å². The first-order chi connectivity index (χ1) is 16.0. The summed E-state index contributed by atoms with van der Waals surface area (Å²) >= 11 is 6.38. The van der Waals surface area contributed by atoms with Gasteiger partial charge < -0.3 is 9.30 Å². The number of aryl methyl sites for hydroxylation is 1. The number of hydrogen-bond acceptors (Lipinski definition) is 5.